The number of rotatable bonds is 6. The molecule has 2 aliphatic rings. The van der Waals surface area contributed by atoms with Crippen LogP contribution in [0.1, 0.15) is 32.6 Å². The van der Waals surface area contributed by atoms with Gasteiger partial charge in [0.1, 0.15) is 0 Å². The van der Waals surface area contributed by atoms with Crippen LogP contribution in [0.5, 0.6) is 0 Å². The molecule has 0 bridgehead atoms. The summed E-state index contributed by atoms with van der Waals surface area (Å²) in [5.41, 5.74) is 0. The molecule has 0 aromatic carbocycles. The van der Waals surface area contributed by atoms with Crippen LogP contribution in [0.15, 0.2) is 0 Å². The van der Waals surface area contributed by atoms with E-state index in [1.54, 1.807) is 7.11 Å². The van der Waals surface area contributed by atoms with E-state index in [9.17, 15) is 0 Å². The third-order valence-electron chi connectivity index (χ3n) is 3.74. The summed E-state index contributed by atoms with van der Waals surface area (Å²) >= 11 is 0. The predicted octanol–water partition coefficient (Wildman–Crippen LogP) is 1.49. The van der Waals surface area contributed by atoms with Crippen LogP contribution in [0.2, 0.25) is 0 Å². The van der Waals surface area contributed by atoms with Crippen LogP contribution in [-0.4, -0.2) is 50.3 Å². The minimum Gasteiger partial charge on any atom is -0.383 e. The van der Waals surface area contributed by atoms with Crippen LogP contribution in [0.4, 0.5) is 0 Å². The van der Waals surface area contributed by atoms with Gasteiger partial charge in [-0.1, -0.05) is 0 Å². The van der Waals surface area contributed by atoms with Gasteiger partial charge in [0, 0.05) is 25.7 Å². The molecule has 3 nitrogen and oxygen atoms in total. The maximum atomic E-state index is 5.15. The molecule has 0 aromatic heterocycles. The van der Waals surface area contributed by atoms with Gasteiger partial charge in [-0.05, 0) is 51.6 Å². The molecule has 1 atom stereocenters. The van der Waals surface area contributed by atoms with Crippen molar-refractivity contribution in [2.75, 3.05) is 33.4 Å². The van der Waals surface area contributed by atoms with Crippen LogP contribution in [-0.2, 0) is 4.74 Å². The van der Waals surface area contributed by atoms with Crippen molar-refractivity contribution in [2.45, 2.75) is 44.7 Å². The largest absolute Gasteiger partial charge is 0.383 e. The fraction of sp³-hybridized carbons (Fsp3) is 1.00. The molecule has 1 N–H and O–H groups in total. The van der Waals surface area contributed by atoms with Crippen molar-refractivity contribution in [3.8, 4) is 0 Å². The molecular weight excluding hydrogens is 200 g/mol. The fourth-order valence-corrected chi connectivity index (χ4v) is 2.65. The smallest absolute Gasteiger partial charge is 0.0613 e. The molecule has 0 spiro atoms. The van der Waals surface area contributed by atoms with Crippen LogP contribution in [0.25, 0.3) is 0 Å². The molecular formula is C13H26N2O. The Morgan fingerprint density at radius 3 is 2.50 bits per heavy atom. The third-order valence-corrected chi connectivity index (χ3v) is 3.74. The summed E-state index contributed by atoms with van der Waals surface area (Å²) in [5.74, 6) is 1.04. The quantitative estimate of drug-likeness (QED) is 0.742. The molecule has 0 amide bonds. The van der Waals surface area contributed by atoms with Gasteiger partial charge in [-0.25, -0.2) is 0 Å². The molecule has 94 valence electrons. The first-order valence-corrected chi connectivity index (χ1v) is 6.75. The average Bonchev–Trinajstić information content (AvgIpc) is 3.05. The Morgan fingerprint density at radius 1 is 1.25 bits per heavy atom. The number of methoxy groups -OCH3 is 1. The van der Waals surface area contributed by atoms with E-state index in [0.29, 0.717) is 12.1 Å². The van der Waals surface area contributed by atoms with E-state index >= 15 is 0 Å². The highest BCUT2D eigenvalue weighted by Crippen LogP contribution is 2.30. The van der Waals surface area contributed by atoms with Crippen molar-refractivity contribution in [2.24, 2.45) is 5.92 Å². The van der Waals surface area contributed by atoms with Gasteiger partial charge in [0.2, 0.25) is 0 Å². The minimum absolute atomic E-state index is 0.491. The summed E-state index contributed by atoms with van der Waals surface area (Å²) in [5, 5.41) is 3.66. The van der Waals surface area contributed by atoms with Crippen molar-refractivity contribution in [1.29, 1.82) is 0 Å². The zero-order chi connectivity index (χ0) is 11.4. The Hall–Kier alpha value is -0.120. The number of likely N-dealkylation sites (tertiary alicyclic amines) is 1. The Morgan fingerprint density at radius 2 is 1.94 bits per heavy atom. The van der Waals surface area contributed by atoms with Gasteiger partial charge >= 0.3 is 0 Å². The number of nitrogens with zero attached hydrogens (tertiary/aromatic N) is 1. The van der Waals surface area contributed by atoms with Crippen molar-refractivity contribution in [3.63, 3.8) is 0 Å². The second kappa shape index (κ2) is 5.99. The highest BCUT2D eigenvalue weighted by atomic mass is 16.5. The number of nitrogens with one attached hydrogen (secondary N) is 1. The highest BCUT2D eigenvalue weighted by Gasteiger charge is 2.27. The molecule has 1 aliphatic carbocycles. The Kier molecular flexibility index (Phi) is 4.62. The molecule has 1 saturated heterocycles. The van der Waals surface area contributed by atoms with Crippen LogP contribution in [0.3, 0.4) is 0 Å². The molecule has 1 unspecified atom stereocenters. The summed E-state index contributed by atoms with van der Waals surface area (Å²) in [7, 11) is 1.77. The molecule has 3 heteroatoms. The molecule has 1 heterocycles. The fourth-order valence-electron chi connectivity index (χ4n) is 2.65. The van der Waals surface area contributed by atoms with E-state index < -0.39 is 0 Å². The Labute approximate surface area is 99.5 Å². The first-order chi connectivity index (χ1) is 7.78. The summed E-state index contributed by atoms with van der Waals surface area (Å²) in [4.78, 5) is 2.65. The van der Waals surface area contributed by atoms with Gasteiger partial charge < -0.3 is 15.0 Å². The van der Waals surface area contributed by atoms with E-state index in [0.717, 1.165) is 12.5 Å². The normalized spacial score (nSPS) is 25.9. The SMILES string of the molecule is COCC(C)NC1CCN(CC2CC2)CC1. The standard InChI is InChI=1S/C13H26N2O/c1-11(10-16-2)14-13-5-7-15(8-6-13)9-12-3-4-12/h11-14H,3-10H2,1-2H3. The van der Waals surface area contributed by atoms with Gasteiger partial charge in [-0.3, -0.25) is 0 Å². The van der Waals surface area contributed by atoms with Gasteiger partial charge in [0.15, 0.2) is 0 Å². The third kappa shape index (κ3) is 4.04. The zero-order valence-corrected chi connectivity index (χ0v) is 10.7. The van der Waals surface area contributed by atoms with Gasteiger partial charge in [-0.2, -0.15) is 0 Å². The average molecular weight is 226 g/mol. The van der Waals surface area contributed by atoms with Crippen molar-refractivity contribution in [3.05, 3.63) is 0 Å². The van der Waals surface area contributed by atoms with E-state index in [4.69, 9.17) is 4.74 Å². The monoisotopic (exact) mass is 226 g/mol. The number of ether oxygens (including phenoxy) is 1. The Bertz CT molecular complexity index is 198. The molecule has 2 rings (SSSR count). The molecule has 1 aliphatic heterocycles. The van der Waals surface area contributed by atoms with Crippen LogP contribution < -0.4 is 5.32 Å². The van der Waals surface area contributed by atoms with E-state index in [1.165, 1.54) is 45.3 Å². The predicted molar refractivity (Wildman–Crippen MR) is 66.7 cm³/mol. The van der Waals surface area contributed by atoms with Gasteiger partial charge in [0.05, 0.1) is 6.61 Å². The molecule has 0 aromatic rings. The minimum atomic E-state index is 0.491. The van der Waals surface area contributed by atoms with Crippen LogP contribution in [0, 0.1) is 5.92 Å². The maximum absolute atomic E-state index is 5.15. The summed E-state index contributed by atoms with van der Waals surface area (Å²) in [6.45, 7) is 6.96. The first-order valence-electron chi connectivity index (χ1n) is 6.75. The van der Waals surface area contributed by atoms with Crippen LogP contribution >= 0.6 is 0 Å². The molecule has 0 radical (unpaired) electrons. The van der Waals surface area contributed by atoms with Crippen molar-refractivity contribution >= 4 is 0 Å². The van der Waals surface area contributed by atoms with E-state index in [2.05, 4.69) is 17.1 Å². The summed E-state index contributed by atoms with van der Waals surface area (Å²) in [6.07, 6.45) is 5.56. The van der Waals surface area contributed by atoms with E-state index in [-0.39, 0.29) is 0 Å². The second-order valence-corrected chi connectivity index (χ2v) is 5.54. The zero-order valence-electron chi connectivity index (χ0n) is 10.7. The lowest BCUT2D eigenvalue weighted by molar-refractivity contribution is 0.145. The van der Waals surface area contributed by atoms with Gasteiger partial charge in [0.25, 0.3) is 0 Å². The lowest BCUT2D eigenvalue weighted by Gasteiger charge is -2.33. The van der Waals surface area contributed by atoms with Crippen molar-refractivity contribution in [1.82, 2.24) is 10.2 Å². The molecule has 1 saturated carbocycles. The lowest BCUT2D eigenvalue weighted by Crippen LogP contribution is -2.46. The highest BCUT2D eigenvalue weighted by molar-refractivity contribution is 4.83. The summed E-state index contributed by atoms with van der Waals surface area (Å²) < 4.78 is 5.15. The molecule has 2 fully saturated rings. The Balaban J connectivity index is 1.60. The summed E-state index contributed by atoms with van der Waals surface area (Å²) in [6, 6.07) is 1.20. The first kappa shape index (κ1) is 12.3. The maximum Gasteiger partial charge on any atom is 0.0613 e. The van der Waals surface area contributed by atoms with Crippen molar-refractivity contribution < 1.29 is 4.74 Å². The lowest BCUT2D eigenvalue weighted by atomic mass is 10.0. The van der Waals surface area contributed by atoms with E-state index in [1.807, 2.05) is 0 Å². The number of hydrogen-bond acceptors (Lipinski definition) is 3. The second-order valence-electron chi connectivity index (χ2n) is 5.54. The number of piperidine rings is 1. The molecule has 16 heavy (non-hydrogen) atoms. The topological polar surface area (TPSA) is 24.5 Å². The number of hydrogen-bond donors (Lipinski definition) is 1. The van der Waals surface area contributed by atoms with Gasteiger partial charge in [-0.15, -0.1) is 0 Å².